The predicted molar refractivity (Wildman–Crippen MR) is 143 cm³/mol. The van der Waals surface area contributed by atoms with E-state index in [1.54, 1.807) is 21.3 Å². The van der Waals surface area contributed by atoms with Crippen LogP contribution in [0.1, 0.15) is 40.3 Å². The zero-order valence-corrected chi connectivity index (χ0v) is 22.6. The molecular weight excluding hydrogens is 480 g/mol. The molecule has 3 aromatic carbocycles. The minimum Gasteiger partial charge on any atom is -0.382 e. The summed E-state index contributed by atoms with van der Waals surface area (Å²) >= 11 is 0. The van der Waals surface area contributed by atoms with Gasteiger partial charge < -0.3 is 28.4 Å². The third kappa shape index (κ3) is 2.83. The zero-order valence-electron chi connectivity index (χ0n) is 22.6. The molecule has 200 valence electrons. The number of methoxy groups -OCH3 is 3. The molecule has 0 bridgehead atoms. The van der Waals surface area contributed by atoms with E-state index in [4.69, 9.17) is 28.4 Å². The van der Waals surface area contributed by atoms with Crippen LogP contribution in [-0.2, 0) is 45.2 Å². The number of hydrogen-bond acceptors (Lipinski definition) is 6. The molecule has 0 atom stereocenters. The molecule has 0 heterocycles. The third-order valence-corrected chi connectivity index (χ3v) is 8.99. The van der Waals surface area contributed by atoms with Crippen molar-refractivity contribution in [3.05, 3.63) is 106 Å². The summed E-state index contributed by atoms with van der Waals surface area (Å²) in [6, 6.07) is 25.7. The van der Waals surface area contributed by atoms with Crippen molar-refractivity contribution in [1.82, 2.24) is 0 Å². The molecule has 0 saturated carbocycles. The van der Waals surface area contributed by atoms with Crippen LogP contribution in [0, 0.1) is 5.41 Å². The van der Waals surface area contributed by atoms with Crippen molar-refractivity contribution >= 4 is 0 Å². The molecule has 0 saturated heterocycles. The van der Waals surface area contributed by atoms with Crippen molar-refractivity contribution in [3.63, 3.8) is 0 Å². The fraction of sp³-hybridized carbons (Fsp3) is 0.438. The quantitative estimate of drug-likeness (QED) is 0.324. The third-order valence-electron chi connectivity index (χ3n) is 8.99. The second-order valence-electron chi connectivity index (χ2n) is 10.3. The first-order valence-electron chi connectivity index (χ1n) is 13.3. The molecule has 0 radical (unpaired) electrons. The largest absolute Gasteiger partial charge is 0.382 e. The topological polar surface area (TPSA) is 55.4 Å². The molecule has 3 aliphatic carbocycles. The van der Waals surface area contributed by atoms with Crippen molar-refractivity contribution in [1.29, 1.82) is 0 Å². The predicted octanol–water partition coefficient (Wildman–Crippen LogP) is 4.75. The Bertz CT molecular complexity index is 1090. The summed E-state index contributed by atoms with van der Waals surface area (Å²) < 4.78 is 37.8. The Kier molecular flexibility index (Phi) is 6.46. The average molecular weight is 517 g/mol. The molecule has 6 heteroatoms. The maximum Gasteiger partial charge on any atom is 0.131 e. The van der Waals surface area contributed by atoms with Gasteiger partial charge in [-0.25, -0.2) is 0 Å². The van der Waals surface area contributed by atoms with Crippen LogP contribution in [0.25, 0.3) is 0 Å². The second kappa shape index (κ2) is 9.56. The number of fused-ring (bicyclic) bond motifs is 9. The number of benzene rings is 3. The van der Waals surface area contributed by atoms with E-state index >= 15 is 0 Å². The smallest absolute Gasteiger partial charge is 0.131 e. The van der Waals surface area contributed by atoms with Crippen LogP contribution in [0.2, 0.25) is 0 Å². The minimum absolute atomic E-state index is 0.424. The van der Waals surface area contributed by atoms with Crippen molar-refractivity contribution in [2.75, 3.05) is 61.0 Å². The molecule has 0 unspecified atom stereocenters. The van der Waals surface area contributed by atoms with Crippen molar-refractivity contribution < 1.29 is 28.4 Å². The molecular formula is C32H36O6. The molecule has 0 spiro atoms. The van der Waals surface area contributed by atoms with Crippen LogP contribution in [0.4, 0.5) is 0 Å². The molecule has 38 heavy (non-hydrogen) atoms. The maximum atomic E-state index is 7.14. The molecule has 6 nitrogen and oxygen atoms in total. The van der Waals surface area contributed by atoms with Crippen molar-refractivity contribution in [2.24, 2.45) is 5.41 Å². The van der Waals surface area contributed by atoms with Gasteiger partial charge in [0.05, 0.1) is 45.1 Å². The highest BCUT2D eigenvalue weighted by atomic mass is 16.6. The molecule has 3 aliphatic rings. The number of rotatable bonds is 12. The highest BCUT2D eigenvalue weighted by Crippen LogP contribution is 2.83. The maximum absolute atomic E-state index is 7.14. The lowest BCUT2D eigenvalue weighted by molar-refractivity contribution is -0.246. The van der Waals surface area contributed by atoms with E-state index < -0.39 is 22.2 Å². The van der Waals surface area contributed by atoms with Gasteiger partial charge in [-0.05, 0) is 40.3 Å². The monoisotopic (exact) mass is 516 g/mol. The van der Waals surface area contributed by atoms with E-state index in [0.29, 0.717) is 39.6 Å². The average Bonchev–Trinajstić information content (AvgIpc) is 3.37. The summed E-state index contributed by atoms with van der Waals surface area (Å²) in [6.07, 6.45) is 0. The number of ether oxygens (including phenoxy) is 6. The van der Waals surface area contributed by atoms with Crippen LogP contribution >= 0.6 is 0 Å². The summed E-state index contributed by atoms with van der Waals surface area (Å²) in [6.45, 7) is 4.99. The molecule has 0 aromatic heterocycles. The Labute approximate surface area is 224 Å². The molecule has 0 amide bonds. The summed E-state index contributed by atoms with van der Waals surface area (Å²) in [7, 11) is 5.11. The fourth-order valence-corrected chi connectivity index (χ4v) is 7.82. The highest BCUT2D eigenvalue weighted by Gasteiger charge is 2.86. The van der Waals surface area contributed by atoms with Gasteiger partial charge in [0, 0.05) is 21.3 Å². The first-order chi connectivity index (χ1) is 18.6. The lowest BCUT2D eigenvalue weighted by Crippen LogP contribution is -2.57. The van der Waals surface area contributed by atoms with E-state index in [1.165, 1.54) is 0 Å². The standard InChI is InChI=1S/C32H36O6/c1-29-30(36-20-17-33-2)23-11-5-7-13-25(23)31(29,37-21-18-34-3)27-15-9-10-16-28(27)32(29,38-22-19-35-4)26-14-8-6-12-24(26)30/h5-16H,17-22H2,1-4H3. The normalized spacial score (nSPS) is 29.7. The van der Waals surface area contributed by atoms with Gasteiger partial charge in [-0.3, -0.25) is 0 Å². The van der Waals surface area contributed by atoms with E-state index in [2.05, 4.69) is 79.7 Å². The lowest BCUT2D eigenvalue weighted by atomic mass is 9.63. The van der Waals surface area contributed by atoms with Gasteiger partial charge in [-0.1, -0.05) is 72.8 Å². The minimum atomic E-state index is -0.849. The number of hydrogen-bond donors (Lipinski definition) is 0. The Morgan fingerprint density at radius 3 is 0.868 bits per heavy atom. The van der Waals surface area contributed by atoms with E-state index in [-0.39, 0.29) is 0 Å². The summed E-state index contributed by atoms with van der Waals surface area (Å²) in [5, 5.41) is 0. The highest BCUT2D eigenvalue weighted by molar-refractivity contribution is 5.74. The van der Waals surface area contributed by atoms with Crippen LogP contribution in [0.3, 0.4) is 0 Å². The lowest BCUT2D eigenvalue weighted by Gasteiger charge is -2.51. The Hall–Kier alpha value is -2.58. The fourth-order valence-electron chi connectivity index (χ4n) is 7.82. The van der Waals surface area contributed by atoms with Crippen molar-refractivity contribution in [3.8, 4) is 0 Å². The Balaban J connectivity index is 1.75. The van der Waals surface area contributed by atoms with Gasteiger partial charge in [0.25, 0.3) is 0 Å². The van der Waals surface area contributed by atoms with E-state index in [0.717, 1.165) is 33.4 Å². The van der Waals surface area contributed by atoms with Gasteiger partial charge in [0.2, 0.25) is 0 Å². The second-order valence-corrected chi connectivity index (χ2v) is 10.3. The van der Waals surface area contributed by atoms with Gasteiger partial charge in [-0.2, -0.15) is 0 Å². The van der Waals surface area contributed by atoms with Crippen LogP contribution in [0.15, 0.2) is 72.8 Å². The zero-order chi connectivity index (χ0) is 26.4. The Morgan fingerprint density at radius 1 is 0.421 bits per heavy atom. The van der Waals surface area contributed by atoms with Gasteiger partial charge in [0.1, 0.15) is 16.8 Å². The first kappa shape index (κ1) is 25.7. The molecule has 0 N–H and O–H groups in total. The first-order valence-corrected chi connectivity index (χ1v) is 13.3. The summed E-state index contributed by atoms with van der Waals surface area (Å²) in [4.78, 5) is 0. The van der Waals surface area contributed by atoms with Crippen LogP contribution < -0.4 is 0 Å². The van der Waals surface area contributed by atoms with Crippen LogP contribution in [0.5, 0.6) is 0 Å². The van der Waals surface area contributed by atoms with Gasteiger partial charge >= 0.3 is 0 Å². The molecule has 0 aliphatic heterocycles. The SMILES string of the molecule is COCCOC12c3ccccc3C3(OCCOC)c4ccccc4C(OCCOC)(c4ccccc41)C23C. The summed E-state index contributed by atoms with van der Waals surface area (Å²) in [5.74, 6) is 0. The van der Waals surface area contributed by atoms with Crippen LogP contribution in [-0.4, -0.2) is 61.0 Å². The van der Waals surface area contributed by atoms with Gasteiger partial charge in [0.15, 0.2) is 0 Å². The van der Waals surface area contributed by atoms with E-state index in [9.17, 15) is 0 Å². The Morgan fingerprint density at radius 2 is 0.658 bits per heavy atom. The van der Waals surface area contributed by atoms with E-state index in [1.807, 2.05) is 0 Å². The molecule has 0 fully saturated rings. The van der Waals surface area contributed by atoms with Crippen molar-refractivity contribution in [2.45, 2.75) is 23.7 Å². The molecule has 3 aromatic rings. The summed E-state index contributed by atoms with van der Waals surface area (Å²) in [5.41, 5.74) is 3.36. The van der Waals surface area contributed by atoms with Gasteiger partial charge in [-0.15, -0.1) is 0 Å². The molecule has 6 rings (SSSR count).